The summed E-state index contributed by atoms with van der Waals surface area (Å²) >= 11 is 5.96. The number of rotatable bonds is 2. The number of aromatic nitrogens is 3. The number of benzene rings is 1. The fraction of sp³-hybridized carbons (Fsp3) is 0.200. The smallest absolute Gasteiger partial charge is 0.224 e. The van der Waals surface area contributed by atoms with Gasteiger partial charge in [-0.3, -0.25) is 4.57 Å². The molecule has 0 amide bonds. The Morgan fingerprint density at radius 3 is 2.69 bits per heavy atom. The van der Waals surface area contributed by atoms with Crippen LogP contribution in [-0.4, -0.2) is 21.8 Å². The fourth-order valence-electron chi connectivity index (χ4n) is 1.46. The third-order valence-corrected chi connectivity index (χ3v) is 2.68. The van der Waals surface area contributed by atoms with Crippen molar-refractivity contribution in [1.29, 1.82) is 0 Å². The van der Waals surface area contributed by atoms with Gasteiger partial charge in [0.15, 0.2) is 5.82 Å². The Labute approximate surface area is 98.2 Å². The lowest BCUT2D eigenvalue weighted by molar-refractivity contribution is 0.925. The van der Waals surface area contributed by atoms with Gasteiger partial charge in [0.1, 0.15) is 0 Å². The molecule has 16 heavy (non-hydrogen) atoms. The van der Waals surface area contributed by atoms with Crippen molar-refractivity contribution in [1.82, 2.24) is 14.8 Å². The van der Waals surface area contributed by atoms with Gasteiger partial charge in [-0.2, -0.15) is 0 Å². The van der Waals surface area contributed by atoms with Crippen LogP contribution in [0.4, 0.5) is 11.6 Å². The van der Waals surface area contributed by atoms with Gasteiger partial charge in [0.25, 0.3) is 0 Å². The molecule has 2 aromatic rings. The minimum atomic E-state index is 0.520. The van der Waals surface area contributed by atoms with Gasteiger partial charge in [-0.1, -0.05) is 11.6 Å². The minimum Gasteiger partial charge on any atom is -0.398 e. The highest BCUT2D eigenvalue weighted by Gasteiger charge is 2.10. The summed E-state index contributed by atoms with van der Waals surface area (Å²) in [6.07, 6.45) is 0. The van der Waals surface area contributed by atoms with E-state index in [-0.39, 0.29) is 0 Å². The molecule has 0 radical (unpaired) electrons. The van der Waals surface area contributed by atoms with Crippen LogP contribution in [0.1, 0.15) is 0 Å². The Morgan fingerprint density at radius 2 is 2.12 bits per heavy atom. The Kier molecular flexibility index (Phi) is 2.70. The number of anilines is 2. The van der Waals surface area contributed by atoms with E-state index in [1.807, 2.05) is 17.7 Å². The van der Waals surface area contributed by atoms with Crippen LogP contribution in [0.25, 0.3) is 11.4 Å². The molecule has 0 aliphatic rings. The van der Waals surface area contributed by atoms with Crippen LogP contribution in [0.15, 0.2) is 18.2 Å². The molecule has 5 nitrogen and oxygen atoms in total. The minimum absolute atomic E-state index is 0.520. The molecule has 0 saturated heterocycles. The molecule has 0 aliphatic carbocycles. The highest BCUT2D eigenvalue weighted by molar-refractivity contribution is 6.33. The summed E-state index contributed by atoms with van der Waals surface area (Å²) in [5.41, 5.74) is 7.09. The van der Waals surface area contributed by atoms with Gasteiger partial charge in [0.2, 0.25) is 5.95 Å². The summed E-state index contributed by atoms with van der Waals surface area (Å²) in [5.74, 6) is 1.44. The van der Waals surface area contributed by atoms with Crippen LogP contribution < -0.4 is 11.1 Å². The summed E-state index contributed by atoms with van der Waals surface area (Å²) in [4.78, 5) is 0. The first kappa shape index (κ1) is 10.8. The monoisotopic (exact) mass is 237 g/mol. The highest BCUT2D eigenvalue weighted by Crippen LogP contribution is 2.26. The van der Waals surface area contributed by atoms with E-state index >= 15 is 0 Å². The van der Waals surface area contributed by atoms with Crippen molar-refractivity contribution in [3.63, 3.8) is 0 Å². The zero-order valence-corrected chi connectivity index (χ0v) is 9.78. The average Bonchev–Trinajstić information content (AvgIpc) is 2.64. The third-order valence-electron chi connectivity index (χ3n) is 2.36. The number of nitrogens with two attached hydrogens (primary N) is 1. The van der Waals surface area contributed by atoms with Gasteiger partial charge in [0.05, 0.1) is 10.7 Å². The van der Waals surface area contributed by atoms with Crippen LogP contribution in [0, 0.1) is 0 Å². The van der Waals surface area contributed by atoms with E-state index in [4.69, 9.17) is 17.3 Å². The lowest BCUT2D eigenvalue weighted by Gasteiger charge is -2.04. The quantitative estimate of drug-likeness (QED) is 0.781. The molecule has 0 fully saturated rings. The molecule has 0 aliphatic heterocycles. The number of hydrogen-bond acceptors (Lipinski definition) is 4. The molecule has 0 saturated carbocycles. The summed E-state index contributed by atoms with van der Waals surface area (Å²) in [6, 6.07) is 5.40. The number of halogens is 1. The maximum atomic E-state index is 5.96. The molecular formula is C10H12ClN5. The summed E-state index contributed by atoms with van der Waals surface area (Å²) in [6.45, 7) is 0. The predicted octanol–water partition coefficient (Wildman–Crippen LogP) is 1.76. The van der Waals surface area contributed by atoms with E-state index in [2.05, 4.69) is 15.5 Å². The first-order chi connectivity index (χ1) is 7.63. The summed E-state index contributed by atoms with van der Waals surface area (Å²) in [5, 5.41) is 11.5. The van der Waals surface area contributed by atoms with Crippen LogP contribution in [0.3, 0.4) is 0 Å². The van der Waals surface area contributed by atoms with Crippen molar-refractivity contribution in [2.45, 2.75) is 0 Å². The maximum absolute atomic E-state index is 5.96. The maximum Gasteiger partial charge on any atom is 0.224 e. The second-order valence-corrected chi connectivity index (χ2v) is 3.80. The van der Waals surface area contributed by atoms with Crippen LogP contribution in [-0.2, 0) is 7.05 Å². The lowest BCUT2D eigenvalue weighted by atomic mass is 10.2. The lowest BCUT2D eigenvalue weighted by Crippen LogP contribution is -1.99. The van der Waals surface area contributed by atoms with E-state index in [1.165, 1.54) is 0 Å². The van der Waals surface area contributed by atoms with Crippen molar-refractivity contribution in [3.8, 4) is 11.4 Å². The highest BCUT2D eigenvalue weighted by atomic mass is 35.5. The van der Waals surface area contributed by atoms with Gasteiger partial charge in [-0.15, -0.1) is 10.2 Å². The van der Waals surface area contributed by atoms with Gasteiger partial charge in [-0.25, -0.2) is 0 Å². The standard InChI is InChI=1S/C10H12ClN5/c1-13-10-15-14-9(16(10)2)6-3-4-8(12)7(11)5-6/h3-5H,12H2,1-2H3,(H,13,15). The summed E-state index contributed by atoms with van der Waals surface area (Å²) < 4.78 is 1.85. The van der Waals surface area contributed by atoms with Crippen molar-refractivity contribution in [2.75, 3.05) is 18.1 Å². The average molecular weight is 238 g/mol. The molecule has 84 valence electrons. The molecule has 6 heteroatoms. The van der Waals surface area contributed by atoms with Crippen LogP contribution >= 0.6 is 11.6 Å². The summed E-state index contributed by atoms with van der Waals surface area (Å²) in [7, 11) is 3.68. The number of hydrogen-bond donors (Lipinski definition) is 2. The van der Waals surface area contributed by atoms with Gasteiger partial charge in [0, 0.05) is 19.7 Å². The van der Waals surface area contributed by atoms with E-state index in [0.717, 1.165) is 11.4 Å². The molecule has 0 unspecified atom stereocenters. The zero-order valence-electron chi connectivity index (χ0n) is 9.03. The third kappa shape index (κ3) is 1.69. The van der Waals surface area contributed by atoms with Crippen LogP contribution in [0.5, 0.6) is 0 Å². The molecule has 1 aromatic heterocycles. The molecule has 3 N–H and O–H groups in total. The molecule has 2 rings (SSSR count). The van der Waals surface area contributed by atoms with Gasteiger partial charge >= 0.3 is 0 Å². The zero-order chi connectivity index (χ0) is 11.7. The normalized spacial score (nSPS) is 10.4. The largest absolute Gasteiger partial charge is 0.398 e. The Bertz CT molecular complexity index is 520. The van der Waals surface area contributed by atoms with E-state index in [9.17, 15) is 0 Å². The Hall–Kier alpha value is -1.75. The predicted molar refractivity (Wildman–Crippen MR) is 65.4 cm³/mol. The number of nitrogen functional groups attached to an aromatic ring is 1. The van der Waals surface area contributed by atoms with Crippen molar-refractivity contribution in [2.24, 2.45) is 7.05 Å². The first-order valence-electron chi connectivity index (χ1n) is 4.76. The number of nitrogens with zero attached hydrogens (tertiary/aromatic N) is 3. The van der Waals surface area contributed by atoms with E-state index in [0.29, 0.717) is 16.7 Å². The Morgan fingerprint density at radius 1 is 1.38 bits per heavy atom. The van der Waals surface area contributed by atoms with Crippen molar-refractivity contribution < 1.29 is 0 Å². The molecule has 0 bridgehead atoms. The van der Waals surface area contributed by atoms with Gasteiger partial charge in [-0.05, 0) is 18.2 Å². The Balaban J connectivity index is 2.50. The molecule has 1 heterocycles. The molecule has 1 aromatic carbocycles. The van der Waals surface area contributed by atoms with Gasteiger partial charge < -0.3 is 11.1 Å². The van der Waals surface area contributed by atoms with Crippen LogP contribution in [0.2, 0.25) is 5.02 Å². The van der Waals surface area contributed by atoms with Crippen molar-refractivity contribution in [3.05, 3.63) is 23.2 Å². The molecule has 0 spiro atoms. The van der Waals surface area contributed by atoms with Crippen molar-refractivity contribution >= 4 is 23.2 Å². The fourth-order valence-corrected chi connectivity index (χ4v) is 1.65. The topological polar surface area (TPSA) is 68.8 Å². The second-order valence-electron chi connectivity index (χ2n) is 3.39. The molecule has 0 atom stereocenters. The SMILES string of the molecule is CNc1nnc(-c2ccc(N)c(Cl)c2)n1C. The van der Waals surface area contributed by atoms with E-state index < -0.39 is 0 Å². The number of nitrogens with one attached hydrogen (secondary N) is 1. The van der Waals surface area contributed by atoms with E-state index in [1.54, 1.807) is 19.2 Å². The molecular weight excluding hydrogens is 226 g/mol. The first-order valence-corrected chi connectivity index (χ1v) is 5.14. The second kappa shape index (κ2) is 4.02.